The van der Waals surface area contributed by atoms with Crippen LogP contribution in [-0.2, 0) is 14.8 Å². The third-order valence-electron chi connectivity index (χ3n) is 5.04. The molecule has 1 amide bonds. The number of esters is 1. The number of sulfonamides is 1. The molecular formula is C21H25N3O6S. The van der Waals surface area contributed by atoms with Crippen LogP contribution >= 0.6 is 0 Å². The molecule has 1 fully saturated rings. The smallest absolute Gasteiger partial charge is 0.339 e. The van der Waals surface area contributed by atoms with Crippen molar-refractivity contribution in [2.45, 2.75) is 30.6 Å². The minimum absolute atomic E-state index is 0.0514. The van der Waals surface area contributed by atoms with Crippen molar-refractivity contribution in [3.05, 3.63) is 47.8 Å². The van der Waals surface area contributed by atoms with Gasteiger partial charge >= 0.3 is 5.97 Å². The Morgan fingerprint density at radius 2 is 1.74 bits per heavy atom. The summed E-state index contributed by atoms with van der Waals surface area (Å²) in [5, 5.41) is 2.64. The minimum atomic E-state index is -3.69. The highest BCUT2D eigenvalue weighted by molar-refractivity contribution is 7.89. The standard InChI is InChI=1S/C21H25N3O6S/c1-29-19-10-8-16(31(27,28)24-11-5-3-4-6-12-24)13-18(19)23-20(25)17-9-7-15(14-22-17)21(26)30-2/h7-10,13-14H,3-6,11-12H2,1-2H3,(H,23,25). The maximum absolute atomic E-state index is 13.1. The van der Waals surface area contributed by atoms with Crippen molar-refractivity contribution < 1.29 is 27.5 Å². The third kappa shape index (κ3) is 5.20. The van der Waals surface area contributed by atoms with Crippen LogP contribution in [0.2, 0.25) is 0 Å². The zero-order chi connectivity index (χ0) is 22.4. The predicted octanol–water partition coefficient (Wildman–Crippen LogP) is 2.69. The van der Waals surface area contributed by atoms with Crippen LogP contribution in [-0.4, -0.2) is 56.9 Å². The average molecular weight is 448 g/mol. The van der Waals surface area contributed by atoms with E-state index in [1.165, 1.54) is 55.1 Å². The molecule has 3 rings (SSSR count). The Morgan fingerprint density at radius 1 is 1.03 bits per heavy atom. The normalized spacial score (nSPS) is 15.0. The van der Waals surface area contributed by atoms with Gasteiger partial charge in [0.25, 0.3) is 5.91 Å². The molecule has 1 aromatic heterocycles. The quantitative estimate of drug-likeness (QED) is 0.677. The summed E-state index contributed by atoms with van der Waals surface area (Å²) in [6, 6.07) is 7.17. The van der Waals surface area contributed by atoms with Crippen LogP contribution in [0, 0.1) is 0 Å². The summed E-state index contributed by atoms with van der Waals surface area (Å²) in [6.45, 7) is 0.957. The number of nitrogens with one attached hydrogen (secondary N) is 1. The number of hydrogen-bond donors (Lipinski definition) is 1. The first-order valence-electron chi connectivity index (χ1n) is 9.90. The second-order valence-corrected chi connectivity index (χ2v) is 9.00. The van der Waals surface area contributed by atoms with E-state index in [9.17, 15) is 18.0 Å². The van der Waals surface area contributed by atoms with E-state index in [1.54, 1.807) is 0 Å². The highest BCUT2D eigenvalue weighted by atomic mass is 32.2. The molecule has 0 spiro atoms. The largest absolute Gasteiger partial charge is 0.495 e. The van der Waals surface area contributed by atoms with E-state index in [0.717, 1.165) is 25.7 Å². The lowest BCUT2D eigenvalue weighted by atomic mass is 10.2. The second-order valence-electron chi connectivity index (χ2n) is 7.06. The predicted molar refractivity (Wildman–Crippen MR) is 114 cm³/mol. The lowest BCUT2D eigenvalue weighted by molar-refractivity contribution is 0.0600. The summed E-state index contributed by atoms with van der Waals surface area (Å²) in [7, 11) is -1.01. The summed E-state index contributed by atoms with van der Waals surface area (Å²) in [5.41, 5.74) is 0.472. The maximum atomic E-state index is 13.1. The van der Waals surface area contributed by atoms with Gasteiger partial charge in [0.05, 0.1) is 30.4 Å². The zero-order valence-corrected chi connectivity index (χ0v) is 18.3. The van der Waals surface area contributed by atoms with Crippen molar-refractivity contribution in [3.63, 3.8) is 0 Å². The van der Waals surface area contributed by atoms with Crippen molar-refractivity contribution in [2.24, 2.45) is 0 Å². The number of nitrogens with zero attached hydrogens (tertiary/aromatic N) is 2. The highest BCUT2D eigenvalue weighted by Crippen LogP contribution is 2.30. The van der Waals surface area contributed by atoms with Crippen molar-refractivity contribution in [3.8, 4) is 5.75 Å². The molecule has 166 valence electrons. The summed E-state index contributed by atoms with van der Waals surface area (Å²) < 4.78 is 37.6. The van der Waals surface area contributed by atoms with Gasteiger partial charge < -0.3 is 14.8 Å². The SMILES string of the molecule is COC(=O)c1ccc(C(=O)Nc2cc(S(=O)(=O)N3CCCCCC3)ccc2OC)nc1. The van der Waals surface area contributed by atoms with Crippen LogP contribution in [0.4, 0.5) is 5.69 Å². The number of rotatable bonds is 6. The molecular weight excluding hydrogens is 422 g/mol. The van der Waals surface area contributed by atoms with Crippen LogP contribution in [0.25, 0.3) is 0 Å². The molecule has 1 aliphatic heterocycles. The third-order valence-corrected chi connectivity index (χ3v) is 6.93. The zero-order valence-electron chi connectivity index (χ0n) is 17.5. The molecule has 1 saturated heterocycles. The van der Waals surface area contributed by atoms with Crippen molar-refractivity contribution in [1.82, 2.24) is 9.29 Å². The topological polar surface area (TPSA) is 115 Å². The molecule has 1 N–H and O–H groups in total. The van der Waals surface area contributed by atoms with Gasteiger partial charge in [0.15, 0.2) is 0 Å². The average Bonchev–Trinajstić information content (AvgIpc) is 3.09. The van der Waals surface area contributed by atoms with E-state index in [4.69, 9.17) is 4.74 Å². The Morgan fingerprint density at radius 3 is 2.32 bits per heavy atom. The maximum Gasteiger partial charge on any atom is 0.339 e. The van der Waals surface area contributed by atoms with E-state index in [2.05, 4.69) is 15.0 Å². The van der Waals surface area contributed by atoms with Crippen LogP contribution in [0.5, 0.6) is 5.75 Å². The van der Waals surface area contributed by atoms with E-state index < -0.39 is 21.9 Å². The Bertz CT molecular complexity index is 1050. The number of anilines is 1. The Hall–Kier alpha value is -2.98. The summed E-state index contributed by atoms with van der Waals surface area (Å²) >= 11 is 0. The molecule has 31 heavy (non-hydrogen) atoms. The molecule has 1 aliphatic rings. The molecule has 1 aromatic carbocycles. The van der Waals surface area contributed by atoms with Gasteiger partial charge in [-0.05, 0) is 43.2 Å². The lowest BCUT2D eigenvalue weighted by Crippen LogP contribution is -2.32. The van der Waals surface area contributed by atoms with Gasteiger partial charge in [0.1, 0.15) is 11.4 Å². The van der Waals surface area contributed by atoms with Crippen LogP contribution in [0.15, 0.2) is 41.4 Å². The van der Waals surface area contributed by atoms with Gasteiger partial charge in [-0.15, -0.1) is 0 Å². The number of benzene rings is 1. The first kappa shape index (κ1) is 22.7. The fourth-order valence-corrected chi connectivity index (χ4v) is 4.87. The number of aromatic nitrogens is 1. The Balaban J connectivity index is 1.85. The van der Waals surface area contributed by atoms with E-state index in [0.29, 0.717) is 18.8 Å². The van der Waals surface area contributed by atoms with Crippen LogP contribution in [0.1, 0.15) is 46.5 Å². The van der Waals surface area contributed by atoms with Crippen LogP contribution < -0.4 is 10.1 Å². The highest BCUT2D eigenvalue weighted by Gasteiger charge is 2.26. The molecule has 0 bridgehead atoms. The van der Waals surface area contributed by atoms with E-state index >= 15 is 0 Å². The summed E-state index contributed by atoms with van der Waals surface area (Å²) in [4.78, 5) is 28.2. The monoisotopic (exact) mass is 447 g/mol. The summed E-state index contributed by atoms with van der Waals surface area (Å²) in [6.07, 6.45) is 4.91. The van der Waals surface area contributed by atoms with E-state index in [1.807, 2.05) is 0 Å². The number of methoxy groups -OCH3 is 2. The molecule has 10 heteroatoms. The van der Waals surface area contributed by atoms with Gasteiger partial charge in [0.2, 0.25) is 10.0 Å². The first-order valence-corrected chi connectivity index (χ1v) is 11.3. The number of amides is 1. The second kappa shape index (κ2) is 9.88. The number of carbonyl (C=O) groups excluding carboxylic acids is 2. The van der Waals surface area contributed by atoms with Crippen molar-refractivity contribution in [2.75, 3.05) is 32.6 Å². The van der Waals surface area contributed by atoms with Crippen molar-refractivity contribution >= 4 is 27.6 Å². The van der Waals surface area contributed by atoms with Gasteiger partial charge in [-0.2, -0.15) is 4.31 Å². The molecule has 9 nitrogen and oxygen atoms in total. The van der Waals surface area contributed by atoms with Gasteiger partial charge in [-0.3, -0.25) is 9.78 Å². The molecule has 2 heterocycles. The van der Waals surface area contributed by atoms with Gasteiger partial charge in [-0.1, -0.05) is 12.8 Å². The van der Waals surface area contributed by atoms with Gasteiger partial charge in [-0.25, -0.2) is 13.2 Å². The van der Waals surface area contributed by atoms with Gasteiger partial charge in [0, 0.05) is 19.3 Å². The number of pyridine rings is 1. The Labute approximate surface area is 181 Å². The van der Waals surface area contributed by atoms with Crippen LogP contribution in [0.3, 0.4) is 0 Å². The number of ether oxygens (including phenoxy) is 2. The molecule has 0 unspecified atom stereocenters. The Kier molecular flexibility index (Phi) is 7.24. The molecule has 0 atom stereocenters. The summed E-state index contributed by atoms with van der Waals surface area (Å²) in [5.74, 6) is -0.819. The number of hydrogen-bond acceptors (Lipinski definition) is 7. The number of carbonyl (C=O) groups is 2. The molecule has 0 radical (unpaired) electrons. The van der Waals surface area contributed by atoms with Crippen molar-refractivity contribution in [1.29, 1.82) is 0 Å². The first-order chi connectivity index (χ1) is 14.9. The lowest BCUT2D eigenvalue weighted by Gasteiger charge is -2.21. The molecule has 0 saturated carbocycles. The molecule has 2 aromatic rings. The van der Waals surface area contributed by atoms with E-state index in [-0.39, 0.29) is 21.8 Å². The fraction of sp³-hybridized carbons (Fsp3) is 0.381. The molecule has 0 aliphatic carbocycles. The minimum Gasteiger partial charge on any atom is -0.495 e. The fourth-order valence-electron chi connectivity index (χ4n) is 3.33.